The number of tetrazole rings is 1. The van der Waals surface area contributed by atoms with Gasteiger partial charge in [0.1, 0.15) is 0 Å². The van der Waals surface area contributed by atoms with Crippen LogP contribution in [0.25, 0.3) is 5.65 Å². The number of hydrogen-bond donors (Lipinski definition) is 1. The highest BCUT2D eigenvalue weighted by molar-refractivity contribution is 5.47. The molecule has 1 saturated heterocycles. The van der Waals surface area contributed by atoms with Gasteiger partial charge in [0, 0.05) is 25.7 Å². The predicted molar refractivity (Wildman–Crippen MR) is 62.9 cm³/mol. The van der Waals surface area contributed by atoms with Crippen LogP contribution in [0.2, 0.25) is 0 Å². The van der Waals surface area contributed by atoms with Gasteiger partial charge >= 0.3 is 0 Å². The molecule has 0 saturated carbocycles. The molecule has 2 aromatic rings. The van der Waals surface area contributed by atoms with Crippen LogP contribution in [-0.2, 0) is 0 Å². The normalized spacial score (nSPS) is 21.0. The highest BCUT2D eigenvalue weighted by Crippen LogP contribution is 2.18. The van der Waals surface area contributed by atoms with Crippen LogP contribution in [0, 0.1) is 0 Å². The standard InChI is InChI=1S/C10H15N7/c1-2-8-5-11-3-4-16(8)10-7-12-6-9-13-14-15-17(9)10/h6-8,11H,2-5H2,1H3. The van der Waals surface area contributed by atoms with E-state index >= 15 is 0 Å². The molecule has 1 unspecified atom stereocenters. The third-order valence-electron chi connectivity index (χ3n) is 3.21. The summed E-state index contributed by atoms with van der Waals surface area (Å²) in [6, 6.07) is 0.473. The highest BCUT2D eigenvalue weighted by Gasteiger charge is 2.23. The van der Waals surface area contributed by atoms with E-state index < -0.39 is 0 Å². The summed E-state index contributed by atoms with van der Waals surface area (Å²) in [7, 11) is 0. The maximum Gasteiger partial charge on any atom is 0.199 e. The second kappa shape index (κ2) is 4.25. The molecular weight excluding hydrogens is 218 g/mol. The number of aromatic nitrogens is 5. The van der Waals surface area contributed by atoms with Crippen molar-refractivity contribution in [2.24, 2.45) is 0 Å². The van der Waals surface area contributed by atoms with Crippen LogP contribution < -0.4 is 10.2 Å². The fourth-order valence-corrected chi connectivity index (χ4v) is 2.29. The Morgan fingerprint density at radius 2 is 2.41 bits per heavy atom. The molecule has 0 amide bonds. The molecule has 7 nitrogen and oxygen atoms in total. The summed E-state index contributed by atoms with van der Waals surface area (Å²) in [6.45, 7) is 5.13. The number of hydrogen-bond acceptors (Lipinski definition) is 6. The van der Waals surface area contributed by atoms with Crippen LogP contribution in [0.5, 0.6) is 0 Å². The monoisotopic (exact) mass is 233 g/mol. The Hall–Kier alpha value is -1.76. The number of piperazine rings is 1. The van der Waals surface area contributed by atoms with Gasteiger partial charge in [0.2, 0.25) is 0 Å². The lowest BCUT2D eigenvalue weighted by Gasteiger charge is -2.36. The number of nitrogens with zero attached hydrogens (tertiary/aromatic N) is 6. The van der Waals surface area contributed by atoms with E-state index in [0.717, 1.165) is 31.9 Å². The van der Waals surface area contributed by atoms with Crippen molar-refractivity contribution in [2.45, 2.75) is 19.4 Å². The zero-order valence-corrected chi connectivity index (χ0v) is 9.74. The maximum absolute atomic E-state index is 4.20. The third kappa shape index (κ3) is 1.72. The Morgan fingerprint density at radius 3 is 3.29 bits per heavy atom. The van der Waals surface area contributed by atoms with Crippen LogP contribution in [0.15, 0.2) is 12.4 Å². The number of nitrogens with one attached hydrogen (secondary N) is 1. The van der Waals surface area contributed by atoms with Gasteiger partial charge in [-0.2, -0.15) is 4.52 Å². The molecule has 2 aromatic heterocycles. The smallest absolute Gasteiger partial charge is 0.199 e. The first-order valence-corrected chi connectivity index (χ1v) is 5.89. The van der Waals surface area contributed by atoms with Crippen LogP contribution in [0.4, 0.5) is 5.82 Å². The number of fused-ring (bicyclic) bond motifs is 1. The summed E-state index contributed by atoms with van der Waals surface area (Å²) in [4.78, 5) is 6.53. The summed E-state index contributed by atoms with van der Waals surface area (Å²) < 4.78 is 1.75. The maximum atomic E-state index is 4.20. The zero-order chi connectivity index (χ0) is 11.7. The Morgan fingerprint density at radius 1 is 1.47 bits per heavy atom. The summed E-state index contributed by atoms with van der Waals surface area (Å²) in [5.74, 6) is 0.973. The van der Waals surface area contributed by atoms with E-state index in [0.29, 0.717) is 11.7 Å². The molecule has 0 aliphatic carbocycles. The van der Waals surface area contributed by atoms with E-state index in [4.69, 9.17) is 0 Å². The van der Waals surface area contributed by atoms with Crippen molar-refractivity contribution in [3.05, 3.63) is 12.4 Å². The molecule has 1 aliphatic heterocycles. The fraction of sp³-hybridized carbons (Fsp3) is 0.600. The van der Waals surface area contributed by atoms with Crippen molar-refractivity contribution in [3.8, 4) is 0 Å². The molecule has 1 aliphatic rings. The van der Waals surface area contributed by atoms with E-state index in [9.17, 15) is 0 Å². The van der Waals surface area contributed by atoms with Crippen LogP contribution in [0.3, 0.4) is 0 Å². The lowest BCUT2D eigenvalue weighted by atomic mass is 10.1. The molecule has 1 fully saturated rings. The Labute approximate surface area is 98.8 Å². The molecule has 7 heteroatoms. The molecule has 1 N–H and O–H groups in total. The van der Waals surface area contributed by atoms with E-state index in [1.54, 1.807) is 10.7 Å². The van der Waals surface area contributed by atoms with Gasteiger partial charge in [-0.1, -0.05) is 6.92 Å². The summed E-state index contributed by atoms with van der Waals surface area (Å²) >= 11 is 0. The Kier molecular flexibility index (Phi) is 2.60. The molecule has 3 rings (SSSR count). The quantitative estimate of drug-likeness (QED) is 0.768. The first-order valence-electron chi connectivity index (χ1n) is 5.89. The molecule has 1 atom stereocenters. The van der Waals surface area contributed by atoms with Gasteiger partial charge in [-0.05, 0) is 16.8 Å². The first-order chi connectivity index (χ1) is 8.40. The minimum Gasteiger partial charge on any atom is -0.350 e. The summed E-state index contributed by atoms with van der Waals surface area (Å²) in [6.07, 6.45) is 4.59. The van der Waals surface area contributed by atoms with Crippen molar-refractivity contribution in [1.29, 1.82) is 0 Å². The minimum atomic E-state index is 0.473. The van der Waals surface area contributed by atoms with E-state index in [1.165, 1.54) is 0 Å². The third-order valence-corrected chi connectivity index (χ3v) is 3.21. The molecule has 0 bridgehead atoms. The van der Waals surface area contributed by atoms with Crippen molar-refractivity contribution >= 4 is 11.5 Å². The summed E-state index contributed by atoms with van der Waals surface area (Å²) in [5.41, 5.74) is 0.691. The average molecular weight is 233 g/mol. The highest BCUT2D eigenvalue weighted by atomic mass is 15.5. The number of anilines is 1. The topological polar surface area (TPSA) is 71.2 Å². The van der Waals surface area contributed by atoms with Gasteiger partial charge in [-0.15, -0.1) is 5.10 Å². The van der Waals surface area contributed by atoms with Gasteiger partial charge < -0.3 is 10.2 Å². The SMILES string of the molecule is CCC1CNCCN1c1cncc2nnnn12. The molecule has 0 aromatic carbocycles. The van der Waals surface area contributed by atoms with Gasteiger partial charge in [0.05, 0.1) is 12.4 Å². The van der Waals surface area contributed by atoms with E-state index in [1.807, 2.05) is 6.20 Å². The molecule has 90 valence electrons. The van der Waals surface area contributed by atoms with Crippen LogP contribution in [-0.4, -0.2) is 50.7 Å². The lowest BCUT2D eigenvalue weighted by Crippen LogP contribution is -2.51. The van der Waals surface area contributed by atoms with Crippen molar-refractivity contribution < 1.29 is 0 Å². The van der Waals surface area contributed by atoms with Gasteiger partial charge in [-0.3, -0.25) is 4.98 Å². The van der Waals surface area contributed by atoms with Gasteiger partial charge in [-0.25, -0.2) is 0 Å². The van der Waals surface area contributed by atoms with Gasteiger partial charge in [0.25, 0.3) is 0 Å². The van der Waals surface area contributed by atoms with Crippen LogP contribution >= 0.6 is 0 Å². The number of rotatable bonds is 2. The Balaban J connectivity index is 2.04. The van der Waals surface area contributed by atoms with E-state index in [2.05, 4.69) is 37.6 Å². The van der Waals surface area contributed by atoms with Crippen LogP contribution in [0.1, 0.15) is 13.3 Å². The minimum absolute atomic E-state index is 0.473. The van der Waals surface area contributed by atoms with E-state index in [-0.39, 0.29) is 0 Å². The Bertz CT molecular complexity index is 508. The first kappa shape index (κ1) is 10.4. The predicted octanol–water partition coefficient (Wildman–Crippen LogP) is -0.293. The largest absolute Gasteiger partial charge is 0.350 e. The second-order valence-corrected chi connectivity index (χ2v) is 4.17. The molecule has 0 radical (unpaired) electrons. The average Bonchev–Trinajstić information content (AvgIpc) is 2.86. The fourth-order valence-electron chi connectivity index (χ4n) is 2.29. The van der Waals surface area contributed by atoms with Crippen molar-refractivity contribution in [3.63, 3.8) is 0 Å². The lowest BCUT2D eigenvalue weighted by molar-refractivity contribution is 0.459. The molecule has 3 heterocycles. The van der Waals surface area contributed by atoms with Gasteiger partial charge in [0.15, 0.2) is 11.5 Å². The second-order valence-electron chi connectivity index (χ2n) is 4.17. The molecule has 0 spiro atoms. The van der Waals surface area contributed by atoms with Crippen molar-refractivity contribution in [2.75, 3.05) is 24.5 Å². The van der Waals surface area contributed by atoms with Crippen molar-refractivity contribution in [1.82, 2.24) is 30.3 Å². The molecule has 17 heavy (non-hydrogen) atoms. The molecular formula is C10H15N7. The zero-order valence-electron chi connectivity index (χ0n) is 9.74. The summed E-state index contributed by atoms with van der Waals surface area (Å²) in [5, 5.41) is 15.0.